The lowest BCUT2D eigenvalue weighted by molar-refractivity contribution is 0.0697. The Balaban J connectivity index is 0.000000253. The number of amides is 1. The summed E-state index contributed by atoms with van der Waals surface area (Å²) in [6, 6.07) is 17.0. The number of nitrogens with zero attached hydrogens (tertiary/aromatic N) is 3. The number of carbonyl (C=O) groups is 2. The van der Waals surface area contributed by atoms with Crippen LogP contribution in [0, 0.1) is 5.82 Å². The largest absolute Gasteiger partial charge is 0.494 e. The number of nitrogens with two attached hydrogens (primary N) is 2. The summed E-state index contributed by atoms with van der Waals surface area (Å²) >= 11 is 0. The molecule has 36 heavy (non-hydrogen) atoms. The molecule has 0 saturated heterocycles. The SMILES string of the molecule is COc1cccc(C(N)=O)c1F.Nc1nn(Cc2ccc(Cn3ccccc3=O)cc2)cc1C(=O)O. The Bertz CT molecular complexity index is 1430. The van der Waals surface area contributed by atoms with Crippen molar-refractivity contribution in [1.82, 2.24) is 14.3 Å². The first-order valence-electron chi connectivity index (χ1n) is 10.6. The van der Waals surface area contributed by atoms with Gasteiger partial charge < -0.3 is 25.9 Å². The zero-order valence-corrected chi connectivity index (χ0v) is 19.3. The third kappa shape index (κ3) is 6.35. The number of rotatable bonds is 7. The van der Waals surface area contributed by atoms with E-state index >= 15 is 0 Å². The van der Waals surface area contributed by atoms with Crippen LogP contribution in [0.2, 0.25) is 0 Å². The van der Waals surface area contributed by atoms with Gasteiger partial charge in [-0.05, 0) is 29.3 Å². The van der Waals surface area contributed by atoms with Crippen molar-refractivity contribution in [2.75, 3.05) is 12.8 Å². The minimum absolute atomic E-state index is 0.00238. The first-order chi connectivity index (χ1) is 17.2. The molecule has 0 aliphatic heterocycles. The quantitative estimate of drug-likeness (QED) is 0.357. The van der Waals surface area contributed by atoms with Crippen molar-refractivity contribution in [3.05, 3.63) is 111 Å². The zero-order valence-electron chi connectivity index (χ0n) is 19.3. The van der Waals surface area contributed by atoms with E-state index in [0.717, 1.165) is 11.1 Å². The van der Waals surface area contributed by atoms with Crippen LogP contribution in [0.3, 0.4) is 0 Å². The van der Waals surface area contributed by atoms with Gasteiger partial charge in [0.1, 0.15) is 5.56 Å². The second-order valence-corrected chi connectivity index (χ2v) is 7.60. The lowest BCUT2D eigenvalue weighted by Gasteiger charge is -2.07. The smallest absolute Gasteiger partial charge is 0.341 e. The summed E-state index contributed by atoms with van der Waals surface area (Å²) in [6.07, 6.45) is 3.16. The maximum Gasteiger partial charge on any atom is 0.341 e. The Morgan fingerprint density at radius 2 is 1.67 bits per heavy atom. The topological polar surface area (TPSA) is 155 Å². The number of pyridine rings is 1. The number of anilines is 1. The van der Waals surface area contributed by atoms with Crippen LogP contribution in [0.5, 0.6) is 5.75 Å². The Hall–Kier alpha value is -4.93. The van der Waals surface area contributed by atoms with Crippen molar-refractivity contribution in [3.8, 4) is 5.75 Å². The number of hydrogen-bond acceptors (Lipinski definition) is 6. The predicted octanol–water partition coefficient (Wildman–Crippen LogP) is 2.35. The Morgan fingerprint density at radius 3 is 2.22 bits per heavy atom. The predicted molar refractivity (Wildman–Crippen MR) is 130 cm³/mol. The van der Waals surface area contributed by atoms with E-state index in [0.29, 0.717) is 13.1 Å². The summed E-state index contributed by atoms with van der Waals surface area (Å²) in [7, 11) is 1.32. The maximum atomic E-state index is 13.1. The third-order valence-electron chi connectivity index (χ3n) is 5.09. The standard InChI is InChI=1S/C17H16N4O3.C8H8FNO2/c18-16-14(17(23)24)11-21(19-16)10-13-6-4-12(5-7-13)9-20-8-2-1-3-15(20)22;1-12-6-4-2-3-5(7(6)9)8(10)11/h1-8,11H,9-10H2,(H2,18,19)(H,23,24);2-4H,1H3,(H2,10,11). The highest BCUT2D eigenvalue weighted by Crippen LogP contribution is 2.19. The molecule has 186 valence electrons. The van der Waals surface area contributed by atoms with E-state index in [9.17, 15) is 18.8 Å². The van der Waals surface area contributed by atoms with E-state index in [1.807, 2.05) is 30.3 Å². The Kier molecular flexibility index (Phi) is 8.18. The minimum atomic E-state index is -1.09. The highest BCUT2D eigenvalue weighted by Gasteiger charge is 2.13. The minimum Gasteiger partial charge on any atom is -0.494 e. The molecule has 0 saturated carbocycles. The maximum absolute atomic E-state index is 13.1. The lowest BCUT2D eigenvalue weighted by Crippen LogP contribution is -2.18. The van der Waals surface area contributed by atoms with Gasteiger partial charge in [-0.15, -0.1) is 0 Å². The number of methoxy groups -OCH3 is 1. The van der Waals surface area contributed by atoms with Crippen molar-refractivity contribution < 1.29 is 23.8 Å². The fourth-order valence-electron chi connectivity index (χ4n) is 3.27. The van der Waals surface area contributed by atoms with Gasteiger partial charge in [0.2, 0.25) is 0 Å². The number of aromatic carboxylic acids is 1. The second-order valence-electron chi connectivity index (χ2n) is 7.60. The number of aromatic nitrogens is 3. The highest BCUT2D eigenvalue weighted by molar-refractivity contribution is 5.93. The molecule has 2 aromatic heterocycles. The molecule has 4 rings (SSSR count). The van der Waals surface area contributed by atoms with Gasteiger partial charge >= 0.3 is 5.97 Å². The molecule has 10 nitrogen and oxygen atoms in total. The van der Waals surface area contributed by atoms with E-state index in [2.05, 4.69) is 9.84 Å². The van der Waals surface area contributed by atoms with E-state index in [4.69, 9.17) is 16.6 Å². The summed E-state index contributed by atoms with van der Waals surface area (Å²) in [5.74, 6) is -2.59. The number of nitrogen functional groups attached to an aromatic ring is 1. The van der Waals surface area contributed by atoms with Crippen molar-refractivity contribution in [2.45, 2.75) is 13.1 Å². The van der Waals surface area contributed by atoms with Gasteiger partial charge in [0.25, 0.3) is 11.5 Å². The summed E-state index contributed by atoms with van der Waals surface area (Å²) in [5, 5.41) is 13.0. The molecular formula is C25H24FN5O5. The van der Waals surface area contributed by atoms with Gasteiger partial charge in [-0.1, -0.05) is 36.4 Å². The second kappa shape index (κ2) is 11.5. The van der Waals surface area contributed by atoms with E-state index in [-0.39, 0.29) is 28.3 Å². The Labute approximate surface area is 205 Å². The number of primary amides is 1. The number of halogens is 1. The van der Waals surface area contributed by atoms with Gasteiger partial charge in [0.15, 0.2) is 17.4 Å². The average Bonchev–Trinajstić information content (AvgIpc) is 3.22. The van der Waals surface area contributed by atoms with Crippen LogP contribution >= 0.6 is 0 Å². The third-order valence-corrected chi connectivity index (χ3v) is 5.09. The molecule has 1 amide bonds. The highest BCUT2D eigenvalue weighted by atomic mass is 19.1. The van der Waals surface area contributed by atoms with Gasteiger partial charge in [-0.2, -0.15) is 5.10 Å². The molecule has 0 bridgehead atoms. The number of carboxylic acid groups (broad SMARTS) is 1. The zero-order chi connectivity index (χ0) is 26.2. The van der Waals surface area contributed by atoms with Crippen molar-refractivity contribution in [1.29, 1.82) is 0 Å². The van der Waals surface area contributed by atoms with Crippen molar-refractivity contribution >= 4 is 17.7 Å². The number of carbonyl (C=O) groups excluding carboxylic acids is 1. The van der Waals surface area contributed by atoms with Crippen LogP contribution < -0.4 is 21.8 Å². The van der Waals surface area contributed by atoms with Crippen LogP contribution in [0.1, 0.15) is 31.8 Å². The van der Waals surface area contributed by atoms with Gasteiger partial charge in [-0.3, -0.25) is 14.3 Å². The normalized spacial score (nSPS) is 10.3. The van der Waals surface area contributed by atoms with E-state index in [1.165, 1.54) is 42.3 Å². The molecule has 0 aliphatic rings. The van der Waals surface area contributed by atoms with E-state index in [1.54, 1.807) is 16.8 Å². The van der Waals surface area contributed by atoms with Crippen LogP contribution in [-0.2, 0) is 13.1 Å². The molecule has 0 radical (unpaired) electrons. The molecule has 0 unspecified atom stereocenters. The van der Waals surface area contributed by atoms with Gasteiger partial charge in [0.05, 0.1) is 25.8 Å². The molecule has 0 spiro atoms. The molecule has 5 N–H and O–H groups in total. The number of benzene rings is 2. The summed E-state index contributed by atoms with van der Waals surface area (Å²) < 4.78 is 20.9. The monoisotopic (exact) mass is 493 g/mol. The first-order valence-corrected chi connectivity index (χ1v) is 10.6. The molecule has 2 heterocycles. The lowest BCUT2D eigenvalue weighted by atomic mass is 10.1. The fourth-order valence-corrected chi connectivity index (χ4v) is 3.27. The Morgan fingerprint density at radius 1 is 1.00 bits per heavy atom. The molecule has 0 atom stereocenters. The molecule has 2 aromatic carbocycles. The summed E-state index contributed by atoms with van der Waals surface area (Å²) in [4.78, 5) is 33.3. The van der Waals surface area contributed by atoms with Crippen molar-refractivity contribution in [3.63, 3.8) is 0 Å². The number of carboxylic acids is 1. The summed E-state index contributed by atoms with van der Waals surface area (Å²) in [6.45, 7) is 0.918. The van der Waals surface area contributed by atoms with E-state index < -0.39 is 17.7 Å². The molecular weight excluding hydrogens is 469 g/mol. The van der Waals surface area contributed by atoms with Crippen LogP contribution in [0.4, 0.5) is 10.2 Å². The van der Waals surface area contributed by atoms with Crippen LogP contribution in [-0.4, -0.2) is 38.4 Å². The summed E-state index contributed by atoms with van der Waals surface area (Å²) in [5.41, 5.74) is 12.2. The van der Waals surface area contributed by atoms with Gasteiger partial charge in [0, 0.05) is 18.5 Å². The van der Waals surface area contributed by atoms with Gasteiger partial charge in [-0.25, -0.2) is 9.18 Å². The van der Waals surface area contributed by atoms with Crippen LogP contribution in [0.15, 0.2) is 77.9 Å². The average molecular weight is 493 g/mol. The first kappa shape index (κ1) is 25.7. The van der Waals surface area contributed by atoms with Crippen LogP contribution in [0.25, 0.3) is 0 Å². The molecule has 0 aliphatic carbocycles. The molecule has 11 heteroatoms. The van der Waals surface area contributed by atoms with Crippen molar-refractivity contribution in [2.24, 2.45) is 5.73 Å². The molecule has 0 fully saturated rings. The molecule has 4 aromatic rings. The number of hydrogen-bond donors (Lipinski definition) is 3. The fraction of sp³-hybridized carbons (Fsp3) is 0.120. The number of ether oxygens (including phenoxy) is 1.